The van der Waals surface area contributed by atoms with Gasteiger partial charge in [0.15, 0.2) is 0 Å². The lowest BCUT2D eigenvalue weighted by Crippen LogP contribution is -2.16. The van der Waals surface area contributed by atoms with Crippen LogP contribution in [0.25, 0.3) is 0 Å². The van der Waals surface area contributed by atoms with Crippen LogP contribution in [0.5, 0.6) is 0 Å². The van der Waals surface area contributed by atoms with Crippen LogP contribution in [0, 0.1) is 6.92 Å². The number of rotatable bonds is 7. The number of amides is 1. The normalized spacial score (nSPS) is 11.0. The van der Waals surface area contributed by atoms with Gasteiger partial charge in [-0.25, -0.2) is 13.2 Å². The molecule has 0 radical (unpaired) electrons. The summed E-state index contributed by atoms with van der Waals surface area (Å²) in [5, 5.41) is 4.72. The van der Waals surface area contributed by atoms with E-state index in [0.29, 0.717) is 5.00 Å². The Balaban J connectivity index is 1.77. The molecule has 1 heterocycles. The molecular formula is C21H20N2O5S2. The smallest absolute Gasteiger partial charge is 0.341 e. The first-order chi connectivity index (χ1) is 14.3. The van der Waals surface area contributed by atoms with Gasteiger partial charge in [0.05, 0.1) is 17.1 Å². The van der Waals surface area contributed by atoms with Crippen molar-refractivity contribution in [1.82, 2.24) is 0 Å². The minimum Gasteiger partial charge on any atom is -0.462 e. The lowest BCUT2D eigenvalue weighted by Gasteiger charge is -2.10. The fraction of sp³-hybridized carbons (Fsp3) is 0.143. The van der Waals surface area contributed by atoms with E-state index >= 15 is 0 Å². The Morgan fingerprint density at radius 1 is 1.07 bits per heavy atom. The number of nitrogens with one attached hydrogen (secondary N) is 2. The maximum Gasteiger partial charge on any atom is 0.341 e. The summed E-state index contributed by atoms with van der Waals surface area (Å²) >= 11 is 1.20. The zero-order valence-corrected chi connectivity index (χ0v) is 18.0. The summed E-state index contributed by atoms with van der Waals surface area (Å²) in [5.74, 6) is -0.993. The highest BCUT2D eigenvalue weighted by Crippen LogP contribution is 2.25. The number of aryl methyl sites for hydroxylation is 1. The Hall–Kier alpha value is -3.17. The van der Waals surface area contributed by atoms with Gasteiger partial charge in [-0.3, -0.25) is 9.52 Å². The van der Waals surface area contributed by atoms with Crippen LogP contribution in [0.2, 0.25) is 0 Å². The average Bonchev–Trinajstić information content (AvgIpc) is 3.16. The molecule has 3 rings (SSSR count). The Kier molecular flexibility index (Phi) is 6.53. The van der Waals surface area contributed by atoms with Crippen LogP contribution >= 0.6 is 11.3 Å². The van der Waals surface area contributed by atoms with Crippen molar-refractivity contribution in [1.29, 1.82) is 0 Å². The maximum absolute atomic E-state index is 12.6. The van der Waals surface area contributed by atoms with Gasteiger partial charge in [-0.15, -0.1) is 11.3 Å². The molecule has 0 atom stereocenters. The number of esters is 1. The van der Waals surface area contributed by atoms with Crippen LogP contribution in [0.1, 0.15) is 33.2 Å². The number of carbonyl (C=O) groups excluding carboxylic acids is 2. The quantitative estimate of drug-likeness (QED) is 0.530. The molecule has 1 aromatic heterocycles. The van der Waals surface area contributed by atoms with Gasteiger partial charge in [-0.05, 0) is 55.6 Å². The number of ether oxygens (including phenoxy) is 1. The van der Waals surface area contributed by atoms with E-state index < -0.39 is 21.9 Å². The van der Waals surface area contributed by atoms with E-state index in [1.165, 1.54) is 29.5 Å². The van der Waals surface area contributed by atoms with Gasteiger partial charge in [-0.1, -0.05) is 23.8 Å². The van der Waals surface area contributed by atoms with E-state index in [1.54, 1.807) is 48.7 Å². The van der Waals surface area contributed by atoms with Crippen LogP contribution in [-0.4, -0.2) is 26.9 Å². The number of anilines is 2. The molecule has 0 aliphatic heterocycles. The molecule has 30 heavy (non-hydrogen) atoms. The summed E-state index contributed by atoms with van der Waals surface area (Å²) in [5.41, 5.74) is 1.71. The first kappa shape index (κ1) is 21.5. The third kappa shape index (κ3) is 5.05. The Labute approximate surface area is 178 Å². The number of benzene rings is 2. The third-order valence-corrected chi connectivity index (χ3v) is 6.32. The first-order valence-corrected chi connectivity index (χ1v) is 11.4. The third-order valence-electron chi connectivity index (χ3n) is 4.10. The molecule has 156 valence electrons. The highest BCUT2D eigenvalue weighted by atomic mass is 32.2. The SMILES string of the molecule is CCOC(=O)c1ccsc1NC(=O)c1cccc(NS(=O)(=O)c2ccc(C)cc2)c1. The van der Waals surface area contributed by atoms with Crippen molar-refractivity contribution in [3.05, 3.63) is 76.7 Å². The standard InChI is InChI=1S/C21H20N2O5S2/c1-3-28-21(25)18-11-12-29-20(18)22-19(24)15-5-4-6-16(13-15)23-30(26,27)17-9-7-14(2)8-10-17/h4-13,23H,3H2,1-2H3,(H,22,24). The van der Waals surface area contributed by atoms with Gasteiger partial charge in [0.1, 0.15) is 5.00 Å². The van der Waals surface area contributed by atoms with Crippen molar-refractivity contribution < 1.29 is 22.7 Å². The molecule has 0 aliphatic carbocycles. The number of hydrogen-bond donors (Lipinski definition) is 2. The summed E-state index contributed by atoms with van der Waals surface area (Å²) in [6, 6.07) is 14.1. The number of sulfonamides is 1. The van der Waals surface area contributed by atoms with Gasteiger partial charge in [-0.2, -0.15) is 0 Å². The first-order valence-electron chi connectivity index (χ1n) is 9.05. The molecule has 7 nitrogen and oxygen atoms in total. The van der Waals surface area contributed by atoms with Crippen molar-refractivity contribution in [3.63, 3.8) is 0 Å². The van der Waals surface area contributed by atoms with Crippen LogP contribution in [-0.2, 0) is 14.8 Å². The summed E-state index contributed by atoms with van der Waals surface area (Å²) < 4.78 is 32.6. The zero-order valence-electron chi connectivity index (χ0n) is 16.3. The molecule has 0 aliphatic rings. The molecule has 3 aromatic rings. The second-order valence-electron chi connectivity index (χ2n) is 6.34. The van der Waals surface area contributed by atoms with Gasteiger partial charge < -0.3 is 10.1 Å². The zero-order chi connectivity index (χ0) is 21.7. The van der Waals surface area contributed by atoms with Crippen molar-refractivity contribution in [2.24, 2.45) is 0 Å². The lowest BCUT2D eigenvalue weighted by molar-refractivity contribution is 0.0528. The van der Waals surface area contributed by atoms with Gasteiger partial charge >= 0.3 is 5.97 Å². The van der Waals surface area contributed by atoms with E-state index in [2.05, 4.69) is 10.0 Å². The molecule has 0 unspecified atom stereocenters. The van der Waals surface area contributed by atoms with E-state index in [-0.39, 0.29) is 28.3 Å². The maximum atomic E-state index is 12.6. The highest BCUT2D eigenvalue weighted by Gasteiger charge is 2.18. The second-order valence-corrected chi connectivity index (χ2v) is 8.94. The number of carbonyl (C=O) groups is 2. The predicted molar refractivity (Wildman–Crippen MR) is 117 cm³/mol. The highest BCUT2D eigenvalue weighted by molar-refractivity contribution is 7.92. The monoisotopic (exact) mass is 444 g/mol. The van der Waals surface area contributed by atoms with Crippen molar-refractivity contribution in [2.45, 2.75) is 18.7 Å². The van der Waals surface area contributed by atoms with Crippen LogP contribution in [0.3, 0.4) is 0 Å². The minimum atomic E-state index is -3.79. The fourth-order valence-electron chi connectivity index (χ4n) is 2.61. The van der Waals surface area contributed by atoms with Crippen molar-refractivity contribution in [2.75, 3.05) is 16.6 Å². The Morgan fingerprint density at radius 3 is 2.50 bits per heavy atom. The van der Waals surface area contributed by atoms with E-state index in [9.17, 15) is 18.0 Å². The van der Waals surface area contributed by atoms with Crippen LogP contribution in [0.4, 0.5) is 10.7 Å². The molecule has 0 spiro atoms. The van der Waals surface area contributed by atoms with Crippen LogP contribution < -0.4 is 10.0 Å². The second kappa shape index (κ2) is 9.10. The molecular weight excluding hydrogens is 424 g/mol. The van der Waals surface area contributed by atoms with Crippen molar-refractivity contribution in [3.8, 4) is 0 Å². The summed E-state index contributed by atoms with van der Waals surface area (Å²) in [6.07, 6.45) is 0. The summed E-state index contributed by atoms with van der Waals surface area (Å²) in [4.78, 5) is 24.7. The van der Waals surface area contributed by atoms with Gasteiger partial charge in [0.25, 0.3) is 15.9 Å². The summed E-state index contributed by atoms with van der Waals surface area (Å²) in [7, 11) is -3.79. The molecule has 0 fully saturated rings. The number of thiophene rings is 1. The van der Waals surface area contributed by atoms with E-state index in [0.717, 1.165) is 5.56 Å². The lowest BCUT2D eigenvalue weighted by atomic mass is 10.2. The number of hydrogen-bond acceptors (Lipinski definition) is 6. The fourth-order valence-corrected chi connectivity index (χ4v) is 4.43. The average molecular weight is 445 g/mol. The van der Waals surface area contributed by atoms with Gasteiger partial charge in [0.2, 0.25) is 0 Å². The molecule has 2 aromatic carbocycles. The Bertz CT molecular complexity index is 1170. The van der Waals surface area contributed by atoms with E-state index in [4.69, 9.17) is 4.74 Å². The molecule has 9 heteroatoms. The van der Waals surface area contributed by atoms with Crippen molar-refractivity contribution >= 4 is 43.9 Å². The summed E-state index contributed by atoms with van der Waals surface area (Å²) in [6.45, 7) is 3.80. The molecule has 0 saturated carbocycles. The predicted octanol–water partition coefficient (Wildman–Crippen LogP) is 4.29. The van der Waals surface area contributed by atoms with Crippen LogP contribution in [0.15, 0.2) is 64.9 Å². The Morgan fingerprint density at radius 2 is 1.80 bits per heavy atom. The van der Waals surface area contributed by atoms with Gasteiger partial charge in [0, 0.05) is 11.3 Å². The molecule has 0 saturated heterocycles. The minimum absolute atomic E-state index is 0.126. The molecule has 0 bridgehead atoms. The molecule has 1 amide bonds. The van der Waals surface area contributed by atoms with E-state index in [1.807, 2.05) is 6.92 Å². The topological polar surface area (TPSA) is 102 Å². The largest absolute Gasteiger partial charge is 0.462 e. The molecule has 2 N–H and O–H groups in total.